The third kappa shape index (κ3) is 2.76. The minimum Gasteiger partial charge on any atom is -0.311 e. The van der Waals surface area contributed by atoms with Gasteiger partial charge >= 0.3 is 0 Å². The molecule has 20 heavy (non-hydrogen) atoms. The molecule has 0 bridgehead atoms. The first kappa shape index (κ1) is 13.7. The van der Waals surface area contributed by atoms with E-state index in [4.69, 9.17) is 4.98 Å². The monoisotopic (exact) mass is 290 g/mol. The van der Waals surface area contributed by atoms with Crippen molar-refractivity contribution in [1.29, 1.82) is 0 Å². The molecule has 1 fully saturated rings. The number of rotatable bonds is 4. The van der Waals surface area contributed by atoms with E-state index >= 15 is 0 Å². The molecule has 3 rings (SSSR count). The van der Waals surface area contributed by atoms with Gasteiger partial charge in [0.15, 0.2) is 0 Å². The van der Waals surface area contributed by atoms with E-state index < -0.39 is 0 Å². The molecule has 1 saturated heterocycles. The molecule has 106 valence electrons. The summed E-state index contributed by atoms with van der Waals surface area (Å²) >= 11 is 1.64. The van der Waals surface area contributed by atoms with E-state index in [1.54, 1.807) is 23.5 Å². The van der Waals surface area contributed by atoms with Crippen LogP contribution in [0.2, 0.25) is 0 Å². The first-order valence-corrected chi connectivity index (χ1v) is 8.04. The van der Waals surface area contributed by atoms with Gasteiger partial charge in [-0.25, -0.2) is 9.37 Å². The van der Waals surface area contributed by atoms with E-state index in [0.717, 1.165) is 35.7 Å². The van der Waals surface area contributed by atoms with Gasteiger partial charge in [-0.2, -0.15) is 0 Å². The quantitative estimate of drug-likeness (QED) is 0.920. The first-order valence-electron chi connectivity index (χ1n) is 7.16. The molecule has 1 aliphatic rings. The molecule has 0 aliphatic carbocycles. The van der Waals surface area contributed by atoms with Crippen molar-refractivity contribution >= 4 is 11.3 Å². The minimum absolute atomic E-state index is 0.203. The molecule has 4 heteroatoms. The highest BCUT2D eigenvalue weighted by atomic mass is 32.1. The second kappa shape index (κ2) is 5.62. The number of aromatic nitrogens is 1. The van der Waals surface area contributed by atoms with Gasteiger partial charge in [-0.05, 0) is 50.1 Å². The number of hydrogen-bond acceptors (Lipinski definition) is 3. The van der Waals surface area contributed by atoms with Gasteiger partial charge in [-0.1, -0.05) is 6.92 Å². The maximum Gasteiger partial charge on any atom is 0.123 e. The van der Waals surface area contributed by atoms with Gasteiger partial charge in [-0.3, -0.25) is 0 Å². The molecule has 1 N–H and O–H groups in total. The van der Waals surface area contributed by atoms with Crippen molar-refractivity contribution in [1.82, 2.24) is 10.3 Å². The Morgan fingerprint density at radius 1 is 1.35 bits per heavy atom. The Hall–Kier alpha value is -1.26. The Bertz CT molecular complexity index is 570. The highest BCUT2D eigenvalue weighted by Crippen LogP contribution is 2.30. The van der Waals surface area contributed by atoms with Gasteiger partial charge in [-0.15, -0.1) is 11.3 Å². The first-order chi connectivity index (χ1) is 9.71. The fourth-order valence-corrected chi connectivity index (χ4v) is 3.73. The third-order valence-corrected chi connectivity index (χ3v) is 5.11. The Balaban J connectivity index is 1.78. The summed E-state index contributed by atoms with van der Waals surface area (Å²) in [7, 11) is 0. The molecule has 0 spiro atoms. The van der Waals surface area contributed by atoms with E-state index in [1.165, 1.54) is 25.0 Å². The van der Waals surface area contributed by atoms with Crippen LogP contribution in [0, 0.1) is 5.82 Å². The summed E-state index contributed by atoms with van der Waals surface area (Å²) in [4.78, 5) is 4.72. The van der Waals surface area contributed by atoms with Gasteiger partial charge < -0.3 is 5.32 Å². The van der Waals surface area contributed by atoms with E-state index in [-0.39, 0.29) is 11.4 Å². The zero-order valence-corrected chi connectivity index (χ0v) is 12.5. The predicted octanol–water partition coefficient (Wildman–Crippen LogP) is 4.02. The smallest absolute Gasteiger partial charge is 0.123 e. The summed E-state index contributed by atoms with van der Waals surface area (Å²) in [6, 6.07) is 6.56. The number of thiazole rings is 1. The van der Waals surface area contributed by atoms with Crippen molar-refractivity contribution in [3.05, 3.63) is 41.2 Å². The van der Waals surface area contributed by atoms with E-state index in [0.29, 0.717) is 0 Å². The van der Waals surface area contributed by atoms with Crippen molar-refractivity contribution < 1.29 is 4.39 Å². The van der Waals surface area contributed by atoms with Crippen molar-refractivity contribution in [3.63, 3.8) is 0 Å². The lowest BCUT2D eigenvalue weighted by atomic mass is 9.89. The number of halogens is 1. The molecular formula is C16H19FN2S. The SMILES string of the molecule is CCC1(Cc2csc(-c3ccc(F)cc3)n2)CCCN1. The maximum absolute atomic E-state index is 12.9. The third-order valence-electron chi connectivity index (χ3n) is 4.17. The Kier molecular flexibility index (Phi) is 3.85. The van der Waals surface area contributed by atoms with Crippen molar-refractivity contribution in [2.24, 2.45) is 0 Å². The molecule has 0 radical (unpaired) electrons. The molecule has 1 atom stereocenters. The molecule has 1 unspecified atom stereocenters. The van der Waals surface area contributed by atoms with Gasteiger partial charge in [0.05, 0.1) is 5.69 Å². The van der Waals surface area contributed by atoms with Gasteiger partial charge in [0.25, 0.3) is 0 Å². The molecule has 2 nitrogen and oxygen atoms in total. The van der Waals surface area contributed by atoms with Crippen LogP contribution >= 0.6 is 11.3 Å². The largest absolute Gasteiger partial charge is 0.311 e. The maximum atomic E-state index is 12.9. The lowest BCUT2D eigenvalue weighted by Crippen LogP contribution is -2.41. The fourth-order valence-electron chi connectivity index (χ4n) is 2.91. The number of benzene rings is 1. The summed E-state index contributed by atoms with van der Waals surface area (Å²) in [5.41, 5.74) is 2.37. The Labute approximate surface area is 123 Å². The average Bonchev–Trinajstić information content (AvgIpc) is 3.10. The normalized spacial score (nSPS) is 22.3. The van der Waals surface area contributed by atoms with Crippen LogP contribution < -0.4 is 5.32 Å². The average molecular weight is 290 g/mol. The standard InChI is InChI=1S/C16H19FN2S/c1-2-16(8-3-9-18-16)10-14-11-20-15(19-14)12-4-6-13(17)7-5-12/h4-7,11,18H,2-3,8-10H2,1H3. The van der Waals surface area contributed by atoms with Crippen LogP contribution in [0.4, 0.5) is 4.39 Å². The van der Waals surface area contributed by atoms with Crippen LogP contribution in [-0.4, -0.2) is 17.1 Å². The zero-order chi connectivity index (χ0) is 14.0. The number of nitrogens with zero attached hydrogens (tertiary/aromatic N) is 1. The van der Waals surface area contributed by atoms with Crippen LogP contribution in [0.25, 0.3) is 10.6 Å². The zero-order valence-electron chi connectivity index (χ0n) is 11.7. The predicted molar refractivity (Wildman–Crippen MR) is 81.5 cm³/mol. The topological polar surface area (TPSA) is 24.9 Å². The molecule has 2 heterocycles. The van der Waals surface area contributed by atoms with Crippen LogP contribution in [0.1, 0.15) is 31.9 Å². The lowest BCUT2D eigenvalue weighted by Gasteiger charge is -2.27. The van der Waals surface area contributed by atoms with Crippen LogP contribution in [0.3, 0.4) is 0 Å². The summed E-state index contributed by atoms with van der Waals surface area (Å²) in [6.07, 6.45) is 4.60. The van der Waals surface area contributed by atoms with Crippen LogP contribution in [0.15, 0.2) is 29.6 Å². The Morgan fingerprint density at radius 3 is 2.80 bits per heavy atom. The minimum atomic E-state index is -0.203. The summed E-state index contributed by atoms with van der Waals surface area (Å²) in [5.74, 6) is -0.203. The number of hydrogen-bond donors (Lipinski definition) is 1. The molecule has 1 aliphatic heterocycles. The lowest BCUT2D eigenvalue weighted by molar-refractivity contribution is 0.357. The van der Waals surface area contributed by atoms with Crippen molar-refractivity contribution in [2.75, 3.05) is 6.54 Å². The molecule has 0 saturated carbocycles. The van der Waals surface area contributed by atoms with Crippen molar-refractivity contribution in [2.45, 2.75) is 38.1 Å². The highest BCUT2D eigenvalue weighted by Gasteiger charge is 2.32. The van der Waals surface area contributed by atoms with Gasteiger partial charge in [0.1, 0.15) is 10.8 Å². The van der Waals surface area contributed by atoms with E-state index in [2.05, 4.69) is 17.6 Å². The number of nitrogens with one attached hydrogen (secondary N) is 1. The van der Waals surface area contributed by atoms with Crippen LogP contribution in [-0.2, 0) is 6.42 Å². The molecule has 1 aromatic carbocycles. The highest BCUT2D eigenvalue weighted by molar-refractivity contribution is 7.13. The summed E-state index contributed by atoms with van der Waals surface area (Å²) in [5, 5.41) is 6.75. The summed E-state index contributed by atoms with van der Waals surface area (Å²) < 4.78 is 12.9. The van der Waals surface area contributed by atoms with E-state index in [9.17, 15) is 4.39 Å². The molecule has 2 aromatic rings. The molecule has 0 amide bonds. The fraction of sp³-hybridized carbons (Fsp3) is 0.438. The van der Waals surface area contributed by atoms with Gasteiger partial charge in [0.2, 0.25) is 0 Å². The molecular weight excluding hydrogens is 271 g/mol. The van der Waals surface area contributed by atoms with E-state index in [1.807, 2.05) is 0 Å². The van der Waals surface area contributed by atoms with Crippen LogP contribution in [0.5, 0.6) is 0 Å². The van der Waals surface area contributed by atoms with Crippen molar-refractivity contribution in [3.8, 4) is 10.6 Å². The second-order valence-corrected chi connectivity index (χ2v) is 6.35. The molecule has 1 aromatic heterocycles. The van der Waals surface area contributed by atoms with Gasteiger partial charge in [0, 0.05) is 22.9 Å². The summed E-state index contributed by atoms with van der Waals surface area (Å²) in [6.45, 7) is 3.36. The Morgan fingerprint density at radius 2 is 2.15 bits per heavy atom. The second-order valence-electron chi connectivity index (χ2n) is 5.49.